The van der Waals surface area contributed by atoms with Gasteiger partial charge in [0.1, 0.15) is 0 Å². The highest BCUT2D eigenvalue weighted by molar-refractivity contribution is 6.05. The largest absolute Gasteiger partial charge is 0.478 e. The average molecular weight is 294 g/mol. The molecule has 0 bridgehead atoms. The molecule has 1 aromatic rings. The summed E-state index contributed by atoms with van der Waals surface area (Å²) in [5.41, 5.74) is -0.786. The first-order valence-corrected chi connectivity index (χ1v) is 6.77. The summed E-state index contributed by atoms with van der Waals surface area (Å²) in [4.78, 5) is 33.0. The highest BCUT2D eigenvalue weighted by Gasteiger charge is 2.20. The number of nitrogens with zero attached hydrogens (tertiary/aromatic N) is 1. The van der Waals surface area contributed by atoms with Crippen LogP contribution in [0.3, 0.4) is 0 Å². The fraction of sp³-hybridized carbons (Fsp3) is 0.429. The van der Waals surface area contributed by atoms with Crippen LogP contribution in [0.15, 0.2) is 18.2 Å². The zero-order valence-corrected chi connectivity index (χ0v) is 11.8. The molecular formula is C14H18N2O5. The van der Waals surface area contributed by atoms with Crippen LogP contribution in [-0.4, -0.2) is 28.5 Å². The Morgan fingerprint density at radius 2 is 1.95 bits per heavy atom. The van der Waals surface area contributed by atoms with E-state index in [0.29, 0.717) is 6.54 Å². The maximum atomic E-state index is 11.9. The fourth-order valence-corrected chi connectivity index (χ4v) is 1.87. The van der Waals surface area contributed by atoms with Gasteiger partial charge in [0.05, 0.1) is 16.1 Å². The van der Waals surface area contributed by atoms with Crippen molar-refractivity contribution in [3.63, 3.8) is 0 Å². The molecule has 2 N–H and O–H groups in total. The number of aromatic carboxylic acids is 1. The molecule has 0 aliphatic rings. The fourth-order valence-electron chi connectivity index (χ4n) is 1.87. The molecule has 7 nitrogen and oxygen atoms in total. The first-order chi connectivity index (χ1) is 9.97. The van der Waals surface area contributed by atoms with Crippen molar-refractivity contribution in [3.05, 3.63) is 39.4 Å². The number of benzene rings is 1. The molecule has 21 heavy (non-hydrogen) atoms. The van der Waals surface area contributed by atoms with Crippen molar-refractivity contribution in [2.24, 2.45) is 0 Å². The third kappa shape index (κ3) is 4.87. The highest BCUT2D eigenvalue weighted by atomic mass is 16.6. The molecule has 0 fully saturated rings. The third-order valence-corrected chi connectivity index (χ3v) is 3.00. The average Bonchev–Trinajstić information content (AvgIpc) is 2.46. The zero-order chi connectivity index (χ0) is 15.8. The molecule has 0 saturated heterocycles. The lowest BCUT2D eigenvalue weighted by Gasteiger charge is -2.07. The van der Waals surface area contributed by atoms with Crippen molar-refractivity contribution in [2.75, 3.05) is 6.54 Å². The number of nitro benzene ring substituents is 1. The number of amides is 1. The Balaban J connectivity index is 2.79. The Kier molecular flexibility index (Phi) is 6.32. The van der Waals surface area contributed by atoms with Crippen LogP contribution in [0.5, 0.6) is 0 Å². The van der Waals surface area contributed by atoms with E-state index in [1.54, 1.807) is 0 Å². The van der Waals surface area contributed by atoms with E-state index in [0.717, 1.165) is 37.8 Å². The number of carbonyl (C=O) groups excluding carboxylic acids is 1. The van der Waals surface area contributed by atoms with Gasteiger partial charge in [0.25, 0.3) is 11.6 Å². The van der Waals surface area contributed by atoms with Crippen molar-refractivity contribution in [2.45, 2.75) is 32.6 Å². The minimum Gasteiger partial charge on any atom is -0.478 e. The molecule has 7 heteroatoms. The van der Waals surface area contributed by atoms with Gasteiger partial charge in [-0.05, 0) is 12.5 Å². The summed E-state index contributed by atoms with van der Waals surface area (Å²) < 4.78 is 0. The Hall–Kier alpha value is -2.44. The smallest absolute Gasteiger partial charge is 0.336 e. The number of hydrogen-bond donors (Lipinski definition) is 2. The van der Waals surface area contributed by atoms with Crippen molar-refractivity contribution in [3.8, 4) is 0 Å². The molecule has 0 heterocycles. The summed E-state index contributed by atoms with van der Waals surface area (Å²) in [6, 6.07) is 3.19. The predicted octanol–water partition coefficient (Wildman–Crippen LogP) is 2.60. The maximum absolute atomic E-state index is 11.9. The summed E-state index contributed by atoms with van der Waals surface area (Å²) in [5, 5.41) is 22.3. The van der Waals surface area contributed by atoms with Gasteiger partial charge in [0.15, 0.2) is 0 Å². The molecule has 0 atom stereocenters. The number of nitro groups is 1. The Labute approximate surface area is 122 Å². The second-order valence-electron chi connectivity index (χ2n) is 4.61. The number of nitrogens with one attached hydrogen (secondary N) is 1. The zero-order valence-electron chi connectivity index (χ0n) is 11.8. The molecule has 114 valence electrons. The molecule has 0 spiro atoms. The molecule has 1 aromatic carbocycles. The van der Waals surface area contributed by atoms with Crippen LogP contribution in [0.1, 0.15) is 53.3 Å². The van der Waals surface area contributed by atoms with Gasteiger partial charge in [-0.3, -0.25) is 14.9 Å². The summed E-state index contributed by atoms with van der Waals surface area (Å²) in [5.74, 6) is -1.89. The molecule has 0 radical (unpaired) electrons. The van der Waals surface area contributed by atoms with Crippen LogP contribution in [0, 0.1) is 10.1 Å². The molecule has 1 amide bonds. The molecule has 0 aromatic heterocycles. The normalized spacial score (nSPS) is 10.1. The van der Waals surface area contributed by atoms with E-state index >= 15 is 0 Å². The van der Waals surface area contributed by atoms with Crippen LogP contribution in [0.4, 0.5) is 5.69 Å². The highest BCUT2D eigenvalue weighted by Crippen LogP contribution is 2.18. The molecule has 0 saturated carbocycles. The first kappa shape index (κ1) is 16.6. The lowest BCUT2D eigenvalue weighted by atomic mass is 10.1. The summed E-state index contributed by atoms with van der Waals surface area (Å²) in [6.45, 7) is 2.53. The van der Waals surface area contributed by atoms with Crippen LogP contribution in [-0.2, 0) is 0 Å². The van der Waals surface area contributed by atoms with Gasteiger partial charge in [-0.25, -0.2) is 4.79 Å². The monoisotopic (exact) mass is 294 g/mol. The predicted molar refractivity (Wildman–Crippen MR) is 76.5 cm³/mol. The van der Waals surface area contributed by atoms with E-state index in [9.17, 15) is 19.7 Å². The van der Waals surface area contributed by atoms with Crippen molar-refractivity contribution < 1.29 is 19.6 Å². The number of carbonyl (C=O) groups is 2. The van der Waals surface area contributed by atoms with Crippen LogP contribution < -0.4 is 5.32 Å². The number of hydrogen-bond acceptors (Lipinski definition) is 4. The number of rotatable bonds is 8. The SMILES string of the molecule is CCCCCCNC(=O)c1ccc([N+](=O)[O-])cc1C(=O)O. The number of carboxylic acid groups (broad SMARTS) is 1. The molecule has 0 aliphatic carbocycles. The van der Waals surface area contributed by atoms with E-state index in [2.05, 4.69) is 12.2 Å². The lowest BCUT2D eigenvalue weighted by Crippen LogP contribution is -2.26. The van der Waals surface area contributed by atoms with E-state index in [1.807, 2.05) is 0 Å². The summed E-state index contributed by atoms with van der Waals surface area (Å²) >= 11 is 0. The number of unbranched alkanes of at least 4 members (excludes halogenated alkanes) is 3. The van der Waals surface area contributed by atoms with Gasteiger partial charge in [0, 0.05) is 18.7 Å². The minimum absolute atomic E-state index is 0.0661. The van der Waals surface area contributed by atoms with Crippen molar-refractivity contribution >= 4 is 17.6 Å². The Morgan fingerprint density at radius 1 is 1.24 bits per heavy atom. The van der Waals surface area contributed by atoms with E-state index in [-0.39, 0.29) is 16.8 Å². The molecule has 0 aliphatic heterocycles. The van der Waals surface area contributed by atoms with Crippen LogP contribution >= 0.6 is 0 Å². The molecular weight excluding hydrogens is 276 g/mol. The topological polar surface area (TPSA) is 110 Å². The van der Waals surface area contributed by atoms with E-state index in [1.165, 1.54) is 6.07 Å². The number of non-ortho nitro benzene ring substituents is 1. The second-order valence-corrected chi connectivity index (χ2v) is 4.61. The van der Waals surface area contributed by atoms with Gasteiger partial charge in [-0.2, -0.15) is 0 Å². The van der Waals surface area contributed by atoms with Gasteiger partial charge < -0.3 is 10.4 Å². The van der Waals surface area contributed by atoms with Gasteiger partial charge in [-0.15, -0.1) is 0 Å². The van der Waals surface area contributed by atoms with Crippen LogP contribution in [0.25, 0.3) is 0 Å². The Morgan fingerprint density at radius 3 is 2.52 bits per heavy atom. The summed E-state index contributed by atoms with van der Waals surface area (Å²) in [7, 11) is 0. The minimum atomic E-state index is -1.37. The van der Waals surface area contributed by atoms with E-state index < -0.39 is 16.8 Å². The third-order valence-electron chi connectivity index (χ3n) is 3.00. The Bertz CT molecular complexity index is 542. The maximum Gasteiger partial charge on any atom is 0.336 e. The lowest BCUT2D eigenvalue weighted by molar-refractivity contribution is -0.384. The van der Waals surface area contributed by atoms with Gasteiger partial charge >= 0.3 is 5.97 Å². The second kappa shape index (κ2) is 7.98. The first-order valence-electron chi connectivity index (χ1n) is 6.77. The van der Waals surface area contributed by atoms with Gasteiger partial charge in [0.2, 0.25) is 0 Å². The molecule has 1 rings (SSSR count). The van der Waals surface area contributed by atoms with E-state index in [4.69, 9.17) is 5.11 Å². The molecule has 0 unspecified atom stereocenters. The quantitative estimate of drug-likeness (QED) is 0.435. The van der Waals surface area contributed by atoms with Crippen molar-refractivity contribution in [1.82, 2.24) is 5.32 Å². The van der Waals surface area contributed by atoms with Crippen molar-refractivity contribution in [1.29, 1.82) is 0 Å². The van der Waals surface area contributed by atoms with Crippen LogP contribution in [0.2, 0.25) is 0 Å². The summed E-state index contributed by atoms with van der Waals surface area (Å²) in [6.07, 6.45) is 3.96. The standard InChI is InChI=1S/C14H18N2O5/c1-2-3-4-5-8-15-13(17)11-7-6-10(16(20)21)9-12(11)14(18)19/h6-7,9H,2-5,8H2,1H3,(H,15,17)(H,18,19). The van der Waals surface area contributed by atoms with Gasteiger partial charge in [-0.1, -0.05) is 26.2 Å². The number of carboxylic acids is 1.